The molecule has 0 amide bonds. The van der Waals surface area contributed by atoms with Crippen molar-refractivity contribution in [1.29, 1.82) is 0 Å². The van der Waals surface area contributed by atoms with Gasteiger partial charge in [0.25, 0.3) is 0 Å². The Morgan fingerprint density at radius 3 is 2.68 bits per heavy atom. The van der Waals surface area contributed by atoms with E-state index in [0.29, 0.717) is 18.2 Å². The fourth-order valence-corrected chi connectivity index (χ4v) is 4.61. The second-order valence-electron chi connectivity index (χ2n) is 8.06. The van der Waals surface area contributed by atoms with E-state index in [9.17, 15) is 4.21 Å². The highest BCUT2D eigenvalue weighted by atomic mass is 32.2. The second-order valence-corrected chi connectivity index (χ2v) is 9.17. The van der Waals surface area contributed by atoms with Crippen LogP contribution < -0.4 is 14.4 Å². The molecule has 1 N–H and O–H groups in total. The molecule has 2 aromatic heterocycles. The summed E-state index contributed by atoms with van der Waals surface area (Å²) < 4.78 is 26.7. The van der Waals surface area contributed by atoms with Gasteiger partial charge in [-0.05, 0) is 44.1 Å². The van der Waals surface area contributed by atoms with E-state index in [1.54, 1.807) is 12.5 Å². The van der Waals surface area contributed by atoms with Crippen molar-refractivity contribution in [3.8, 4) is 5.88 Å². The molecule has 0 radical (unpaired) electrons. The number of pyridine rings is 2. The van der Waals surface area contributed by atoms with E-state index in [2.05, 4.69) is 28.5 Å². The van der Waals surface area contributed by atoms with Crippen LogP contribution in [0.3, 0.4) is 0 Å². The Kier molecular flexibility index (Phi) is 8.49. The van der Waals surface area contributed by atoms with E-state index >= 15 is 0 Å². The minimum Gasteiger partial charge on any atom is -0.474 e. The van der Waals surface area contributed by atoms with Crippen LogP contribution in [0.4, 0.5) is 11.5 Å². The van der Waals surface area contributed by atoms with Gasteiger partial charge < -0.3 is 19.1 Å². The molecule has 1 saturated carbocycles. The van der Waals surface area contributed by atoms with E-state index in [1.807, 2.05) is 26.0 Å². The van der Waals surface area contributed by atoms with Crippen LogP contribution in [-0.2, 0) is 15.7 Å². The van der Waals surface area contributed by atoms with Crippen LogP contribution >= 0.6 is 0 Å². The summed E-state index contributed by atoms with van der Waals surface area (Å²) in [5.74, 6) is 2.21. The largest absolute Gasteiger partial charge is 0.474 e. The maximum absolute atomic E-state index is 11.6. The van der Waals surface area contributed by atoms with Crippen molar-refractivity contribution < 1.29 is 13.7 Å². The maximum Gasteiger partial charge on any atom is 0.225 e. The van der Waals surface area contributed by atoms with Gasteiger partial charge in [0.1, 0.15) is 29.1 Å². The van der Waals surface area contributed by atoms with Gasteiger partial charge in [-0.1, -0.05) is 27.7 Å². The van der Waals surface area contributed by atoms with Gasteiger partial charge in [0.05, 0.1) is 29.4 Å². The van der Waals surface area contributed by atoms with Crippen LogP contribution in [0.5, 0.6) is 5.88 Å². The summed E-state index contributed by atoms with van der Waals surface area (Å²) in [6, 6.07) is 3.92. The van der Waals surface area contributed by atoms with E-state index in [1.165, 1.54) is 12.8 Å². The summed E-state index contributed by atoms with van der Waals surface area (Å²) in [7, 11) is -1.16. The summed E-state index contributed by atoms with van der Waals surface area (Å²) >= 11 is 0. The molecule has 7 nitrogen and oxygen atoms in total. The third kappa shape index (κ3) is 5.86. The number of rotatable bonds is 6. The molecule has 1 aliphatic carbocycles. The predicted molar refractivity (Wildman–Crippen MR) is 128 cm³/mol. The Morgan fingerprint density at radius 1 is 1.26 bits per heavy atom. The first-order chi connectivity index (χ1) is 15.0. The summed E-state index contributed by atoms with van der Waals surface area (Å²) in [6.45, 7) is 9.93. The molecule has 1 aliphatic heterocycles. The molecule has 4 rings (SSSR count). The molecule has 31 heavy (non-hydrogen) atoms. The predicted octanol–water partition coefficient (Wildman–Crippen LogP) is 4.89. The zero-order chi connectivity index (χ0) is 22.4. The van der Waals surface area contributed by atoms with Gasteiger partial charge in [-0.3, -0.25) is 4.98 Å². The molecule has 2 fully saturated rings. The summed E-state index contributed by atoms with van der Waals surface area (Å²) in [5, 5.41) is 0.844. The summed E-state index contributed by atoms with van der Waals surface area (Å²) in [6.07, 6.45) is 8.86. The first-order valence-electron chi connectivity index (χ1n) is 11.5. The van der Waals surface area contributed by atoms with Crippen LogP contribution in [0.15, 0.2) is 18.3 Å². The molecular formula is C23H36N4O3S. The van der Waals surface area contributed by atoms with E-state index in [-0.39, 0.29) is 12.3 Å². The smallest absolute Gasteiger partial charge is 0.225 e. The Bertz CT molecular complexity index is 886. The van der Waals surface area contributed by atoms with Gasteiger partial charge in [0.15, 0.2) is 0 Å². The van der Waals surface area contributed by atoms with Gasteiger partial charge in [-0.2, -0.15) is 4.98 Å². The molecule has 3 heterocycles. The highest BCUT2D eigenvalue weighted by molar-refractivity contribution is 7.85. The SMILES string of the molecule is CC.CC[C@@H]1OCCN1c1cc2ncc(NS(C)=O)cc2c(OC2CCC(C)CC2)n1. The maximum atomic E-state index is 11.6. The van der Waals surface area contributed by atoms with E-state index in [0.717, 1.165) is 48.4 Å². The normalized spacial score (nSPS) is 24.4. The van der Waals surface area contributed by atoms with Crippen LogP contribution in [0.2, 0.25) is 0 Å². The number of aromatic nitrogens is 2. The average Bonchev–Trinajstić information content (AvgIpc) is 3.25. The Hall–Kier alpha value is -1.93. The van der Waals surface area contributed by atoms with Crippen LogP contribution in [0.1, 0.15) is 59.8 Å². The Morgan fingerprint density at radius 2 is 2.00 bits per heavy atom. The third-order valence-electron chi connectivity index (χ3n) is 5.77. The number of hydrogen-bond donors (Lipinski definition) is 1. The molecule has 8 heteroatoms. The standard InChI is InChI=1S/C21H30N4O3S.C2H6/c1-4-20-25(9-10-27-20)19-12-18-17(11-15(13-22-18)24-29(3)26)21(23-19)28-16-7-5-14(2)6-8-16;1-2/h11-14,16,20,24H,4-10H2,1-3H3;1-2H3/t14?,16?,20-,29?;/m0./s1. The first-order valence-corrected chi connectivity index (χ1v) is 13.0. The van der Waals surface area contributed by atoms with Crippen molar-refractivity contribution in [1.82, 2.24) is 9.97 Å². The zero-order valence-electron chi connectivity index (χ0n) is 19.4. The van der Waals surface area contributed by atoms with E-state index < -0.39 is 11.0 Å². The molecule has 1 saturated heterocycles. The topological polar surface area (TPSA) is 76.6 Å². The van der Waals surface area contributed by atoms with Crippen molar-refractivity contribution in [3.63, 3.8) is 0 Å². The second kappa shape index (κ2) is 11.1. The fourth-order valence-electron chi connectivity index (χ4n) is 4.17. The highest BCUT2D eigenvalue weighted by Gasteiger charge is 2.27. The van der Waals surface area contributed by atoms with Crippen molar-refractivity contribution in [2.24, 2.45) is 5.92 Å². The quantitative estimate of drug-likeness (QED) is 0.678. The van der Waals surface area contributed by atoms with Gasteiger partial charge in [-0.15, -0.1) is 0 Å². The average molecular weight is 449 g/mol. The van der Waals surface area contributed by atoms with Crippen molar-refractivity contribution in [3.05, 3.63) is 18.3 Å². The van der Waals surface area contributed by atoms with Gasteiger partial charge in [0.2, 0.25) is 5.88 Å². The molecule has 0 aromatic carbocycles. The Balaban J connectivity index is 0.00000132. The number of ether oxygens (including phenoxy) is 2. The van der Waals surface area contributed by atoms with Crippen LogP contribution in [-0.4, -0.2) is 45.9 Å². The molecule has 172 valence electrons. The zero-order valence-corrected chi connectivity index (χ0v) is 20.2. The lowest BCUT2D eigenvalue weighted by Crippen LogP contribution is -2.30. The molecular weight excluding hydrogens is 412 g/mol. The Labute approximate surface area is 188 Å². The molecule has 1 unspecified atom stereocenters. The van der Waals surface area contributed by atoms with E-state index in [4.69, 9.17) is 14.5 Å². The number of hydrogen-bond acceptors (Lipinski definition) is 6. The van der Waals surface area contributed by atoms with Gasteiger partial charge >= 0.3 is 0 Å². The third-order valence-corrected chi connectivity index (χ3v) is 6.29. The van der Waals surface area contributed by atoms with Gasteiger partial charge in [-0.25, -0.2) is 4.21 Å². The number of anilines is 2. The van der Waals surface area contributed by atoms with Crippen molar-refractivity contribution in [2.45, 2.75) is 72.1 Å². The minimum atomic E-state index is -1.16. The molecule has 0 spiro atoms. The van der Waals surface area contributed by atoms with Crippen LogP contribution in [0.25, 0.3) is 10.9 Å². The number of fused-ring (bicyclic) bond motifs is 1. The molecule has 2 atom stereocenters. The highest BCUT2D eigenvalue weighted by Crippen LogP contribution is 2.34. The minimum absolute atomic E-state index is 0.0341. The number of nitrogens with zero attached hydrogens (tertiary/aromatic N) is 3. The lowest BCUT2D eigenvalue weighted by atomic mass is 9.89. The lowest BCUT2D eigenvalue weighted by molar-refractivity contribution is 0.109. The monoisotopic (exact) mass is 448 g/mol. The van der Waals surface area contributed by atoms with Gasteiger partial charge in [0, 0.05) is 18.9 Å². The summed E-state index contributed by atoms with van der Waals surface area (Å²) in [4.78, 5) is 11.7. The number of nitrogens with one attached hydrogen (secondary N) is 1. The molecule has 2 aromatic rings. The van der Waals surface area contributed by atoms with Crippen molar-refractivity contribution in [2.75, 3.05) is 29.0 Å². The van der Waals surface area contributed by atoms with Crippen LogP contribution in [0, 0.1) is 5.92 Å². The molecule has 2 aliphatic rings. The first kappa shape index (κ1) is 23.7. The lowest BCUT2D eigenvalue weighted by Gasteiger charge is -2.28. The molecule has 0 bridgehead atoms. The fraction of sp³-hybridized carbons (Fsp3) is 0.652. The summed E-state index contributed by atoms with van der Waals surface area (Å²) in [5.41, 5.74) is 1.52. The van der Waals surface area contributed by atoms with Crippen molar-refractivity contribution >= 4 is 33.4 Å².